The summed E-state index contributed by atoms with van der Waals surface area (Å²) in [5, 5.41) is 5.58. The number of methoxy groups -OCH3 is 1. The lowest BCUT2D eigenvalue weighted by Gasteiger charge is -2.11. The van der Waals surface area contributed by atoms with Crippen molar-refractivity contribution in [2.45, 2.75) is 44.6 Å². The second-order valence-electron chi connectivity index (χ2n) is 4.66. The summed E-state index contributed by atoms with van der Waals surface area (Å²) in [6, 6.07) is -0.150. The van der Waals surface area contributed by atoms with Crippen molar-refractivity contribution in [3.8, 4) is 0 Å². The van der Waals surface area contributed by atoms with Crippen LogP contribution in [0.2, 0.25) is 0 Å². The van der Waals surface area contributed by atoms with Gasteiger partial charge in [-0.15, -0.1) is 0 Å². The summed E-state index contributed by atoms with van der Waals surface area (Å²) in [5.41, 5.74) is 0. The van der Waals surface area contributed by atoms with Crippen LogP contribution in [0.5, 0.6) is 0 Å². The van der Waals surface area contributed by atoms with Gasteiger partial charge in [0.1, 0.15) is 0 Å². The normalized spacial score (nSPS) is 18.1. The number of carbonyl (C=O) groups is 2. The summed E-state index contributed by atoms with van der Waals surface area (Å²) in [6.45, 7) is 2.00. The fourth-order valence-electron chi connectivity index (χ4n) is 1.95. The van der Waals surface area contributed by atoms with Gasteiger partial charge in [-0.3, -0.25) is 4.79 Å². The zero-order valence-electron chi connectivity index (χ0n) is 11.6. The number of esters is 1. The molecule has 0 spiro atoms. The molecule has 1 saturated heterocycles. The lowest BCUT2D eigenvalue weighted by atomic mass is 10.2. The van der Waals surface area contributed by atoms with Crippen molar-refractivity contribution in [3.05, 3.63) is 0 Å². The number of urea groups is 1. The Morgan fingerprint density at radius 1 is 1.26 bits per heavy atom. The van der Waals surface area contributed by atoms with Crippen LogP contribution in [0.15, 0.2) is 0 Å². The molecule has 0 radical (unpaired) electrons. The molecule has 110 valence electrons. The van der Waals surface area contributed by atoms with Gasteiger partial charge in [0.2, 0.25) is 0 Å². The predicted molar refractivity (Wildman–Crippen MR) is 70.9 cm³/mol. The molecule has 0 bridgehead atoms. The maximum absolute atomic E-state index is 11.4. The van der Waals surface area contributed by atoms with Gasteiger partial charge in [-0.1, -0.05) is 6.42 Å². The zero-order chi connectivity index (χ0) is 13.9. The highest BCUT2D eigenvalue weighted by molar-refractivity contribution is 5.73. The maximum Gasteiger partial charge on any atom is 0.314 e. The summed E-state index contributed by atoms with van der Waals surface area (Å²) in [5.74, 6) is -0.178. The van der Waals surface area contributed by atoms with Gasteiger partial charge in [-0.05, 0) is 25.7 Å². The molecule has 0 aliphatic carbocycles. The summed E-state index contributed by atoms with van der Waals surface area (Å²) < 4.78 is 9.95. The number of unbranched alkanes of at least 4 members (excludes halogenated alkanes) is 2. The molecule has 1 heterocycles. The monoisotopic (exact) mass is 272 g/mol. The highest BCUT2D eigenvalue weighted by Crippen LogP contribution is 2.10. The van der Waals surface area contributed by atoms with Gasteiger partial charge in [0, 0.05) is 26.1 Å². The van der Waals surface area contributed by atoms with Crippen molar-refractivity contribution >= 4 is 12.0 Å². The van der Waals surface area contributed by atoms with Crippen LogP contribution in [-0.4, -0.2) is 44.9 Å². The molecule has 0 unspecified atom stereocenters. The van der Waals surface area contributed by atoms with E-state index >= 15 is 0 Å². The predicted octanol–water partition coefficient (Wildman–Crippen LogP) is 1.20. The summed E-state index contributed by atoms with van der Waals surface area (Å²) in [4.78, 5) is 22.3. The third-order valence-corrected chi connectivity index (χ3v) is 3.09. The van der Waals surface area contributed by atoms with E-state index in [0.717, 1.165) is 38.7 Å². The molecule has 19 heavy (non-hydrogen) atoms. The largest absolute Gasteiger partial charge is 0.469 e. The van der Waals surface area contributed by atoms with Crippen LogP contribution in [0.25, 0.3) is 0 Å². The molecule has 1 aliphatic rings. The SMILES string of the molecule is COC(=O)CCCCCNC(=O)NC[C@H]1CCCO1. The Bertz CT molecular complexity index is 278. The minimum absolute atomic E-state index is 0.150. The first kappa shape index (κ1) is 15.8. The highest BCUT2D eigenvalue weighted by Gasteiger charge is 2.15. The topological polar surface area (TPSA) is 76.7 Å². The highest BCUT2D eigenvalue weighted by atomic mass is 16.5. The minimum Gasteiger partial charge on any atom is -0.469 e. The average Bonchev–Trinajstić information content (AvgIpc) is 2.93. The fourth-order valence-corrected chi connectivity index (χ4v) is 1.95. The van der Waals surface area contributed by atoms with Crippen molar-refractivity contribution in [2.75, 3.05) is 26.8 Å². The van der Waals surface area contributed by atoms with Gasteiger partial charge in [-0.25, -0.2) is 4.79 Å². The third-order valence-electron chi connectivity index (χ3n) is 3.09. The van der Waals surface area contributed by atoms with Crippen LogP contribution >= 0.6 is 0 Å². The fraction of sp³-hybridized carbons (Fsp3) is 0.846. The average molecular weight is 272 g/mol. The van der Waals surface area contributed by atoms with Crippen LogP contribution in [0, 0.1) is 0 Å². The molecule has 0 aromatic rings. The van der Waals surface area contributed by atoms with Crippen LogP contribution in [0.3, 0.4) is 0 Å². The molecule has 0 aromatic carbocycles. The van der Waals surface area contributed by atoms with E-state index in [-0.39, 0.29) is 18.1 Å². The quantitative estimate of drug-likeness (QED) is 0.514. The smallest absolute Gasteiger partial charge is 0.314 e. The number of nitrogens with one attached hydrogen (secondary N) is 2. The van der Waals surface area contributed by atoms with Crippen molar-refractivity contribution in [2.24, 2.45) is 0 Å². The number of ether oxygens (including phenoxy) is 2. The number of rotatable bonds is 8. The van der Waals surface area contributed by atoms with Crippen LogP contribution in [0.4, 0.5) is 4.79 Å². The van der Waals surface area contributed by atoms with Crippen molar-refractivity contribution in [1.82, 2.24) is 10.6 Å². The molecule has 6 nitrogen and oxygen atoms in total. The van der Waals surface area contributed by atoms with E-state index in [1.165, 1.54) is 7.11 Å². The molecule has 1 atom stereocenters. The van der Waals surface area contributed by atoms with Crippen LogP contribution < -0.4 is 10.6 Å². The van der Waals surface area contributed by atoms with Crippen molar-refractivity contribution < 1.29 is 19.1 Å². The van der Waals surface area contributed by atoms with Gasteiger partial charge in [-0.2, -0.15) is 0 Å². The molecular weight excluding hydrogens is 248 g/mol. The van der Waals surface area contributed by atoms with E-state index in [0.29, 0.717) is 19.5 Å². The molecular formula is C13H24N2O4. The first-order valence-electron chi connectivity index (χ1n) is 6.92. The Balaban J connectivity index is 1.88. The lowest BCUT2D eigenvalue weighted by molar-refractivity contribution is -0.140. The van der Waals surface area contributed by atoms with Crippen molar-refractivity contribution in [3.63, 3.8) is 0 Å². The summed E-state index contributed by atoms with van der Waals surface area (Å²) in [7, 11) is 1.39. The molecule has 2 amide bonds. The van der Waals surface area contributed by atoms with Crippen LogP contribution in [0.1, 0.15) is 38.5 Å². The van der Waals surface area contributed by atoms with Gasteiger partial charge in [0.15, 0.2) is 0 Å². The lowest BCUT2D eigenvalue weighted by Crippen LogP contribution is -2.39. The second kappa shape index (κ2) is 9.61. The Morgan fingerprint density at radius 2 is 2.11 bits per heavy atom. The molecule has 2 N–H and O–H groups in total. The van der Waals surface area contributed by atoms with Gasteiger partial charge >= 0.3 is 12.0 Å². The van der Waals surface area contributed by atoms with Gasteiger partial charge in [0.25, 0.3) is 0 Å². The standard InChI is InChI=1S/C13H24N2O4/c1-18-12(16)7-3-2-4-8-14-13(17)15-10-11-6-5-9-19-11/h11H,2-10H2,1H3,(H2,14,15,17)/t11-/m1/s1. The Hall–Kier alpha value is -1.30. The summed E-state index contributed by atoms with van der Waals surface area (Å²) in [6.07, 6.45) is 5.28. The molecule has 0 saturated carbocycles. The number of carbonyl (C=O) groups excluding carboxylic acids is 2. The molecule has 1 rings (SSSR count). The van der Waals surface area contributed by atoms with E-state index in [9.17, 15) is 9.59 Å². The number of amides is 2. The first-order chi connectivity index (χ1) is 9.22. The second-order valence-corrected chi connectivity index (χ2v) is 4.66. The zero-order valence-corrected chi connectivity index (χ0v) is 11.6. The Labute approximate surface area is 114 Å². The number of hydrogen-bond donors (Lipinski definition) is 2. The molecule has 1 aliphatic heterocycles. The number of hydrogen-bond acceptors (Lipinski definition) is 4. The maximum atomic E-state index is 11.4. The van der Waals surface area contributed by atoms with E-state index in [2.05, 4.69) is 15.4 Å². The minimum atomic E-state index is -0.178. The Morgan fingerprint density at radius 3 is 2.79 bits per heavy atom. The van der Waals surface area contributed by atoms with Crippen molar-refractivity contribution in [1.29, 1.82) is 0 Å². The van der Waals surface area contributed by atoms with E-state index in [1.54, 1.807) is 0 Å². The van der Waals surface area contributed by atoms with E-state index in [4.69, 9.17) is 4.74 Å². The Kier molecular flexibility index (Phi) is 7.97. The van der Waals surface area contributed by atoms with Crippen LogP contribution in [-0.2, 0) is 14.3 Å². The van der Waals surface area contributed by atoms with E-state index < -0.39 is 0 Å². The van der Waals surface area contributed by atoms with Gasteiger partial charge in [0.05, 0.1) is 13.2 Å². The summed E-state index contributed by atoms with van der Waals surface area (Å²) >= 11 is 0. The third kappa shape index (κ3) is 7.66. The first-order valence-corrected chi connectivity index (χ1v) is 6.92. The van der Waals surface area contributed by atoms with E-state index in [1.807, 2.05) is 0 Å². The molecule has 0 aromatic heterocycles. The van der Waals surface area contributed by atoms with Gasteiger partial charge < -0.3 is 20.1 Å². The molecule has 6 heteroatoms. The molecule has 1 fully saturated rings.